The Hall–Kier alpha value is -2.10. The molecule has 26 heavy (non-hydrogen) atoms. The molecule has 1 aliphatic heterocycles. The molecule has 1 amide bonds. The molecular weight excluding hydrogens is 324 g/mol. The van der Waals surface area contributed by atoms with Crippen LogP contribution in [0.25, 0.3) is 0 Å². The number of carbonyl (C=O) groups is 1. The average molecular weight is 350 g/mol. The fourth-order valence-corrected chi connectivity index (χ4v) is 4.87. The van der Waals surface area contributed by atoms with Gasteiger partial charge in [0.05, 0.1) is 0 Å². The molecule has 2 aromatic rings. The van der Waals surface area contributed by atoms with Gasteiger partial charge in [0.1, 0.15) is 5.76 Å². The molecular formula is C22H26N2O2. The molecule has 1 aromatic heterocycles. The number of hydrogen-bond donors (Lipinski definition) is 0. The molecule has 2 heterocycles. The Labute approximate surface area is 154 Å². The molecule has 4 heteroatoms. The summed E-state index contributed by atoms with van der Waals surface area (Å²) in [6.07, 6.45) is 9.31. The van der Waals surface area contributed by atoms with Gasteiger partial charge >= 0.3 is 0 Å². The Balaban J connectivity index is 1.32. The van der Waals surface area contributed by atoms with Crippen molar-refractivity contribution in [1.29, 1.82) is 0 Å². The van der Waals surface area contributed by atoms with Gasteiger partial charge in [0.2, 0.25) is 0 Å². The fourth-order valence-electron chi connectivity index (χ4n) is 4.87. The number of amides is 1. The van der Waals surface area contributed by atoms with Crippen LogP contribution >= 0.6 is 0 Å². The van der Waals surface area contributed by atoms with E-state index >= 15 is 0 Å². The van der Waals surface area contributed by atoms with Crippen molar-refractivity contribution < 1.29 is 9.32 Å². The van der Waals surface area contributed by atoms with Gasteiger partial charge in [-0.25, -0.2) is 0 Å². The van der Waals surface area contributed by atoms with Crippen LogP contribution in [0.2, 0.25) is 0 Å². The van der Waals surface area contributed by atoms with Gasteiger partial charge in [-0.05, 0) is 68.4 Å². The number of rotatable bonds is 4. The first-order chi connectivity index (χ1) is 12.8. The lowest BCUT2D eigenvalue weighted by atomic mass is 9.79. The normalized spacial score (nSPS) is 25.3. The maximum atomic E-state index is 13.0. The van der Waals surface area contributed by atoms with E-state index in [4.69, 9.17) is 4.52 Å². The SMILES string of the molecule is O=C(c1cc(C2CC2)on1)N1CCC[C@@H]1C[C@@H]1CCCc2ccccc21. The average Bonchev–Trinajstić information content (AvgIpc) is 3.22. The maximum Gasteiger partial charge on any atom is 0.276 e. The van der Waals surface area contributed by atoms with Crippen LogP contribution in [-0.2, 0) is 6.42 Å². The lowest BCUT2D eigenvalue weighted by Crippen LogP contribution is -2.37. The van der Waals surface area contributed by atoms with Crippen molar-refractivity contribution >= 4 is 5.91 Å². The second-order valence-corrected chi connectivity index (χ2v) is 8.21. The highest BCUT2D eigenvalue weighted by atomic mass is 16.5. The van der Waals surface area contributed by atoms with Crippen molar-refractivity contribution in [2.75, 3.05) is 6.54 Å². The van der Waals surface area contributed by atoms with Crippen LogP contribution in [0, 0.1) is 0 Å². The topological polar surface area (TPSA) is 46.3 Å². The largest absolute Gasteiger partial charge is 0.360 e. The standard InChI is InChI=1S/C22H26N2O2/c25-22(20-14-21(26-23-20)16-10-11-16)24-12-4-8-18(24)13-17-7-3-6-15-5-1-2-9-19(15)17/h1-2,5,9,14,16-18H,3-4,6-8,10-13H2/t17-,18+/m0/s1. The zero-order valence-electron chi connectivity index (χ0n) is 15.2. The molecule has 2 fully saturated rings. The molecule has 1 saturated heterocycles. The number of carbonyl (C=O) groups excluding carboxylic acids is 1. The van der Waals surface area contributed by atoms with Crippen LogP contribution in [0.15, 0.2) is 34.9 Å². The second-order valence-electron chi connectivity index (χ2n) is 8.21. The molecule has 136 valence electrons. The molecule has 2 atom stereocenters. The van der Waals surface area contributed by atoms with E-state index in [0.717, 1.165) is 44.4 Å². The Morgan fingerprint density at radius 1 is 1.15 bits per heavy atom. The summed E-state index contributed by atoms with van der Waals surface area (Å²) in [5, 5.41) is 4.07. The summed E-state index contributed by atoms with van der Waals surface area (Å²) in [7, 11) is 0. The molecule has 0 bridgehead atoms. The van der Waals surface area contributed by atoms with Crippen molar-refractivity contribution in [3.8, 4) is 0 Å². The summed E-state index contributed by atoms with van der Waals surface area (Å²) in [5.74, 6) is 2.03. The maximum absolute atomic E-state index is 13.0. The summed E-state index contributed by atoms with van der Waals surface area (Å²) in [4.78, 5) is 15.1. The van der Waals surface area contributed by atoms with Gasteiger partial charge in [-0.2, -0.15) is 0 Å². The smallest absolute Gasteiger partial charge is 0.276 e. The van der Waals surface area contributed by atoms with Crippen LogP contribution in [0.4, 0.5) is 0 Å². The zero-order chi connectivity index (χ0) is 17.5. The van der Waals surface area contributed by atoms with E-state index in [0.29, 0.717) is 23.6 Å². The van der Waals surface area contributed by atoms with Crippen LogP contribution in [0.3, 0.4) is 0 Å². The molecule has 0 N–H and O–H groups in total. The zero-order valence-corrected chi connectivity index (χ0v) is 15.2. The van der Waals surface area contributed by atoms with Crippen molar-refractivity contribution in [2.24, 2.45) is 0 Å². The molecule has 5 rings (SSSR count). The Kier molecular flexibility index (Phi) is 4.07. The first kappa shape index (κ1) is 16.1. The van der Waals surface area contributed by atoms with E-state index in [9.17, 15) is 4.79 Å². The molecule has 0 unspecified atom stereocenters. The summed E-state index contributed by atoms with van der Waals surface area (Å²) in [6, 6.07) is 11.1. The lowest BCUT2D eigenvalue weighted by molar-refractivity contribution is 0.0713. The van der Waals surface area contributed by atoms with E-state index in [1.807, 2.05) is 6.07 Å². The minimum absolute atomic E-state index is 0.0623. The Bertz CT molecular complexity index is 808. The molecule has 3 aliphatic rings. The molecule has 4 nitrogen and oxygen atoms in total. The van der Waals surface area contributed by atoms with Crippen molar-refractivity contribution in [3.05, 3.63) is 52.9 Å². The third-order valence-electron chi connectivity index (χ3n) is 6.42. The quantitative estimate of drug-likeness (QED) is 0.805. The highest BCUT2D eigenvalue weighted by molar-refractivity contribution is 5.92. The molecule has 0 spiro atoms. The fraction of sp³-hybridized carbons (Fsp3) is 0.545. The van der Waals surface area contributed by atoms with Crippen molar-refractivity contribution in [2.45, 2.75) is 69.2 Å². The molecule has 1 saturated carbocycles. The minimum atomic E-state index is 0.0623. The lowest BCUT2D eigenvalue weighted by Gasteiger charge is -2.31. The number of benzene rings is 1. The Morgan fingerprint density at radius 3 is 2.92 bits per heavy atom. The number of likely N-dealkylation sites (tertiary alicyclic amines) is 1. The number of fused-ring (bicyclic) bond motifs is 1. The predicted octanol–water partition coefficient (Wildman–Crippen LogP) is 4.67. The van der Waals surface area contributed by atoms with Crippen LogP contribution in [-0.4, -0.2) is 28.6 Å². The monoisotopic (exact) mass is 350 g/mol. The van der Waals surface area contributed by atoms with Gasteiger partial charge in [0.15, 0.2) is 5.69 Å². The molecule has 1 aromatic carbocycles. The van der Waals surface area contributed by atoms with Gasteiger partial charge in [-0.15, -0.1) is 0 Å². The third-order valence-corrected chi connectivity index (χ3v) is 6.42. The van der Waals surface area contributed by atoms with Crippen molar-refractivity contribution in [1.82, 2.24) is 10.1 Å². The van der Waals surface area contributed by atoms with Crippen LogP contribution in [0.5, 0.6) is 0 Å². The first-order valence-electron chi connectivity index (χ1n) is 10.1. The Morgan fingerprint density at radius 2 is 2.04 bits per heavy atom. The van der Waals surface area contributed by atoms with Gasteiger partial charge < -0.3 is 9.42 Å². The number of aromatic nitrogens is 1. The number of aryl methyl sites for hydroxylation is 1. The summed E-state index contributed by atoms with van der Waals surface area (Å²) >= 11 is 0. The van der Waals surface area contributed by atoms with Gasteiger partial charge in [0, 0.05) is 24.6 Å². The van der Waals surface area contributed by atoms with Crippen LogP contribution < -0.4 is 0 Å². The van der Waals surface area contributed by atoms with E-state index in [1.54, 1.807) is 0 Å². The number of nitrogens with zero attached hydrogens (tertiary/aromatic N) is 2. The van der Waals surface area contributed by atoms with Gasteiger partial charge in [0.25, 0.3) is 5.91 Å². The number of hydrogen-bond acceptors (Lipinski definition) is 3. The van der Waals surface area contributed by atoms with Gasteiger partial charge in [-0.3, -0.25) is 4.79 Å². The second kappa shape index (κ2) is 6.57. The summed E-state index contributed by atoms with van der Waals surface area (Å²) in [6.45, 7) is 0.851. The van der Waals surface area contributed by atoms with E-state index in [2.05, 4.69) is 34.3 Å². The molecule has 0 radical (unpaired) electrons. The highest BCUT2D eigenvalue weighted by Gasteiger charge is 2.35. The first-order valence-corrected chi connectivity index (χ1v) is 10.1. The van der Waals surface area contributed by atoms with E-state index in [-0.39, 0.29) is 5.91 Å². The van der Waals surface area contributed by atoms with Crippen molar-refractivity contribution in [3.63, 3.8) is 0 Å². The summed E-state index contributed by atoms with van der Waals surface area (Å²) < 4.78 is 5.40. The third kappa shape index (κ3) is 2.95. The van der Waals surface area contributed by atoms with E-state index in [1.165, 1.54) is 30.4 Å². The van der Waals surface area contributed by atoms with Gasteiger partial charge in [-0.1, -0.05) is 29.4 Å². The highest BCUT2D eigenvalue weighted by Crippen LogP contribution is 2.41. The predicted molar refractivity (Wildman–Crippen MR) is 99.3 cm³/mol. The van der Waals surface area contributed by atoms with Crippen LogP contribution in [0.1, 0.15) is 84.2 Å². The molecule has 2 aliphatic carbocycles. The summed E-state index contributed by atoms with van der Waals surface area (Å²) in [5.41, 5.74) is 3.52. The minimum Gasteiger partial charge on any atom is -0.360 e. The van der Waals surface area contributed by atoms with E-state index < -0.39 is 0 Å².